The second-order valence-corrected chi connectivity index (χ2v) is 4.58. The number of hydrogen-bond donors (Lipinski definition) is 3. The summed E-state index contributed by atoms with van der Waals surface area (Å²) in [6.45, 7) is 3.55. The number of amides is 3. The Balaban J connectivity index is 2.09. The largest absolute Gasteiger partial charge is 0.355 e. The van der Waals surface area contributed by atoms with Gasteiger partial charge in [0.05, 0.1) is 11.6 Å². The highest BCUT2D eigenvalue weighted by atomic mass is 19.1. The maximum Gasteiger partial charge on any atom is 0.247 e. The second-order valence-electron chi connectivity index (χ2n) is 4.58. The van der Waals surface area contributed by atoms with Gasteiger partial charge >= 0.3 is 0 Å². The maximum atomic E-state index is 13.7. The van der Waals surface area contributed by atoms with Gasteiger partial charge in [0.1, 0.15) is 5.82 Å². The van der Waals surface area contributed by atoms with Gasteiger partial charge in [0.25, 0.3) is 0 Å². The highest BCUT2D eigenvalue weighted by molar-refractivity contribution is 6.00. The molecule has 1 fully saturated rings. The van der Waals surface area contributed by atoms with E-state index < -0.39 is 23.5 Å². The first-order valence-electron chi connectivity index (χ1n) is 6.30. The Morgan fingerprint density at radius 2 is 2.14 bits per heavy atom. The molecule has 2 rings (SSSR count). The first-order chi connectivity index (χ1) is 9.99. The molecule has 3 amide bonds. The Kier molecular flexibility index (Phi) is 4.32. The molecule has 110 valence electrons. The molecular formula is C14H14FN3O3. The molecule has 1 aromatic rings. The van der Waals surface area contributed by atoms with Crippen molar-refractivity contribution < 1.29 is 18.8 Å². The van der Waals surface area contributed by atoms with Gasteiger partial charge in [-0.15, -0.1) is 0 Å². The lowest BCUT2D eigenvalue weighted by molar-refractivity contribution is -0.123. The lowest BCUT2D eigenvalue weighted by Crippen LogP contribution is -2.25. The Bertz CT molecular complexity index is 615. The predicted octanol–water partition coefficient (Wildman–Crippen LogP) is 1.02. The third-order valence-corrected chi connectivity index (χ3v) is 3.03. The van der Waals surface area contributed by atoms with Crippen molar-refractivity contribution in [3.05, 3.63) is 36.7 Å². The molecule has 0 unspecified atom stereocenters. The lowest BCUT2D eigenvalue weighted by atomic mass is 10.1. The van der Waals surface area contributed by atoms with Crippen LogP contribution >= 0.6 is 0 Å². The molecule has 6 nitrogen and oxygen atoms in total. The number of rotatable bonds is 4. The Morgan fingerprint density at radius 3 is 2.76 bits per heavy atom. The monoisotopic (exact) mass is 291 g/mol. The van der Waals surface area contributed by atoms with Crippen LogP contribution in [0.5, 0.6) is 0 Å². The molecule has 1 aliphatic rings. The minimum atomic E-state index is -0.628. The number of carbonyl (C=O) groups excluding carboxylic acids is 3. The number of halogens is 1. The van der Waals surface area contributed by atoms with E-state index in [2.05, 4.69) is 22.5 Å². The van der Waals surface area contributed by atoms with E-state index in [-0.39, 0.29) is 24.6 Å². The van der Waals surface area contributed by atoms with Crippen molar-refractivity contribution in [1.29, 1.82) is 0 Å². The molecule has 0 spiro atoms. The Hall–Kier alpha value is -2.70. The van der Waals surface area contributed by atoms with Gasteiger partial charge in [0.2, 0.25) is 17.7 Å². The smallest absolute Gasteiger partial charge is 0.247 e. The second kappa shape index (κ2) is 6.17. The zero-order valence-corrected chi connectivity index (χ0v) is 11.1. The fourth-order valence-electron chi connectivity index (χ4n) is 1.92. The van der Waals surface area contributed by atoms with Gasteiger partial charge < -0.3 is 16.0 Å². The van der Waals surface area contributed by atoms with Gasteiger partial charge in [-0.2, -0.15) is 0 Å². The molecule has 0 aliphatic carbocycles. The van der Waals surface area contributed by atoms with E-state index in [1.807, 2.05) is 0 Å². The summed E-state index contributed by atoms with van der Waals surface area (Å²) in [6.07, 6.45) is 1.16. The predicted molar refractivity (Wildman–Crippen MR) is 75.0 cm³/mol. The number of carbonyl (C=O) groups is 3. The Morgan fingerprint density at radius 1 is 1.38 bits per heavy atom. The van der Waals surface area contributed by atoms with Gasteiger partial charge in [-0.05, 0) is 24.3 Å². The summed E-state index contributed by atoms with van der Waals surface area (Å²) < 4.78 is 13.7. The van der Waals surface area contributed by atoms with Gasteiger partial charge in [0, 0.05) is 18.7 Å². The molecule has 1 aliphatic heterocycles. The van der Waals surface area contributed by atoms with E-state index in [0.717, 1.165) is 12.1 Å². The van der Waals surface area contributed by atoms with E-state index in [1.165, 1.54) is 12.1 Å². The van der Waals surface area contributed by atoms with Crippen molar-refractivity contribution >= 4 is 29.1 Å². The number of nitrogens with one attached hydrogen (secondary N) is 3. The van der Waals surface area contributed by atoms with E-state index in [9.17, 15) is 18.8 Å². The molecule has 0 radical (unpaired) electrons. The molecular weight excluding hydrogens is 277 g/mol. The third-order valence-electron chi connectivity index (χ3n) is 3.03. The summed E-state index contributed by atoms with van der Waals surface area (Å²) in [4.78, 5) is 34.2. The van der Waals surface area contributed by atoms with Crippen LogP contribution in [0.3, 0.4) is 0 Å². The van der Waals surface area contributed by atoms with Crippen molar-refractivity contribution in [3.63, 3.8) is 0 Å². The van der Waals surface area contributed by atoms with Crippen molar-refractivity contribution in [1.82, 2.24) is 5.32 Å². The summed E-state index contributed by atoms with van der Waals surface area (Å²) in [5.74, 6) is -2.24. The standard InChI is InChI=1S/C14H14FN3O3/c1-2-12(19)17-9-3-4-10(15)11(6-9)18-14(21)8-5-13(20)16-7-8/h2-4,6,8H,1,5,7H2,(H,16,20)(H,17,19)(H,18,21)/t8-/m1/s1. The molecule has 1 saturated heterocycles. The quantitative estimate of drug-likeness (QED) is 0.724. The van der Waals surface area contributed by atoms with Gasteiger partial charge in [-0.25, -0.2) is 4.39 Å². The fraction of sp³-hybridized carbons (Fsp3) is 0.214. The number of anilines is 2. The average Bonchev–Trinajstić information content (AvgIpc) is 2.89. The molecule has 1 atom stereocenters. The minimum absolute atomic E-state index is 0.0544. The van der Waals surface area contributed by atoms with Crippen molar-refractivity contribution in [2.24, 2.45) is 5.92 Å². The first kappa shape index (κ1) is 14.7. The highest BCUT2D eigenvalue weighted by Gasteiger charge is 2.28. The van der Waals surface area contributed by atoms with E-state index >= 15 is 0 Å². The third kappa shape index (κ3) is 3.65. The van der Waals surface area contributed by atoms with E-state index in [0.29, 0.717) is 5.69 Å². The molecule has 21 heavy (non-hydrogen) atoms. The first-order valence-corrected chi connectivity index (χ1v) is 6.30. The Labute approximate surface area is 120 Å². The van der Waals surface area contributed by atoms with Crippen LogP contribution in [-0.2, 0) is 14.4 Å². The van der Waals surface area contributed by atoms with Crippen LogP contribution < -0.4 is 16.0 Å². The molecule has 7 heteroatoms. The summed E-state index contributed by atoms with van der Waals surface area (Å²) in [6, 6.07) is 3.80. The zero-order valence-electron chi connectivity index (χ0n) is 11.1. The zero-order chi connectivity index (χ0) is 15.4. The number of hydrogen-bond acceptors (Lipinski definition) is 3. The minimum Gasteiger partial charge on any atom is -0.355 e. The normalized spacial score (nSPS) is 17.0. The molecule has 1 aromatic carbocycles. The lowest BCUT2D eigenvalue weighted by Gasteiger charge is -2.11. The maximum absolute atomic E-state index is 13.7. The van der Waals surface area contributed by atoms with Crippen LogP contribution in [-0.4, -0.2) is 24.3 Å². The summed E-state index contributed by atoms with van der Waals surface area (Å²) in [7, 11) is 0. The van der Waals surface area contributed by atoms with Crippen LogP contribution in [0.2, 0.25) is 0 Å². The molecule has 3 N–H and O–H groups in total. The van der Waals surface area contributed by atoms with Crippen LogP contribution in [0.15, 0.2) is 30.9 Å². The van der Waals surface area contributed by atoms with E-state index in [1.54, 1.807) is 0 Å². The van der Waals surface area contributed by atoms with Crippen molar-refractivity contribution in [2.75, 3.05) is 17.2 Å². The molecule has 0 saturated carbocycles. The van der Waals surface area contributed by atoms with Crippen LogP contribution in [0.1, 0.15) is 6.42 Å². The SMILES string of the molecule is C=CC(=O)Nc1ccc(F)c(NC(=O)[C@H]2CNC(=O)C2)c1. The number of benzene rings is 1. The van der Waals surface area contributed by atoms with Crippen molar-refractivity contribution in [2.45, 2.75) is 6.42 Å². The van der Waals surface area contributed by atoms with Crippen LogP contribution in [0.4, 0.5) is 15.8 Å². The van der Waals surface area contributed by atoms with Crippen molar-refractivity contribution in [3.8, 4) is 0 Å². The molecule has 1 heterocycles. The van der Waals surface area contributed by atoms with Gasteiger partial charge in [0.15, 0.2) is 0 Å². The van der Waals surface area contributed by atoms with Gasteiger partial charge in [-0.1, -0.05) is 6.58 Å². The fourth-order valence-corrected chi connectivity index (χ4v) is 1.92. The van der Waals surface area contributed by atoms with Crippen LogP contribution in [0.25, 0.3) is 0 Å². The van der Waals surface area contributed by atoms with Gasteiger partial charge in [-0.3, -0.25) is 14.4 Å². The molecule has 0 aromatic heterocycles. The van der Waals surface area contributed by atoms with Crippen LogP contribution in [0, 0.1) is 11.7 Å². The average molecular weight is 291 g/mol. The summed E-state index contributed by atoms with van der Waals surface area (Å²) in [5.41, 5.74) is 0.276. The summed E-state index contributed by atoms with van der Waals surface area (Å²) >= 11 is 0. The highest BCUT2D eigenvalue weighted by Crippen LogP contribution is 2.21. The van der Waals surface area contributed by atoms with E-state index in [4.69, 9.17) is 0 Å². The molecule has 0 bridgehead atoms. The summed E-state index contributed by atoms with van der Waals surface area (Å²) in [5, 5.41) is 7.42. The topological polar surface area (TPSA) is 87.3 Å².